The van der Waals surface area contributed by atoms with E-state index in [2.05, 4.69) is 20.6 Å². The summed E-state index contributed by atoms with van der Waals surface area (Å²) in [6.45, 7) is -0.436. The summed E-state index contributed by atoms with van der Waals surface area (Å²) in [5.41, 5.74) is -0.00991. The van der Waals surface area contributed by atoms with Crippen LogP contribution in [0.25, 0.3) is 10.9 Å². The highest BCUT2D eigenvalue weighted by molar-refractivity contribution is 5.90. The van der Waals surface area contributed by atoms with Crippen LogP contribution in [0.2, 0.25) is 0 Å². The van der Waals surface area contributed by atoms with Gasteiger partial charge >= 0.3 is 0 Å². The first kappa shape index (κ1) is 23.2. The van der Waals surface area contributed by atoms with Crippen LogP contribution in [0.3, 0.4) is 0 Å². The Morgan fingerprint density at radius 3 is 2.03 bits per heavy atom. The average molecular weight is 465 g/mol. The van der Waals surface area contributed by atoms with Crippen molar-refractivity contribution in [1.29, 1.82) is 0 Å². The van der Waals surface area contributed by atoms with E-state index in [1.165, 1.54) is 0 Å². The average Bonchev–Trinajstić information content (AvgIpc) is 2.82. The molecule has 2 N–H and O–H groups in total. The first-order chi connectivity index (χ1) is 15.8. The summed E-state index contributed by atoms with van der Waals surface area (Å²) in [5.74, 6) is -8.25. The maximum absolute atomic E-state index is 13.9. The number of rotatable bonds is 6. The highest BCUT2D eigenvalue weighted by Crippen LogP contribution is 2.27. The van der Waals surface area contributed by atoms with Crippen molar-refractivity contribution in [3.8, 4) is 0 Å². The van der Waals surface area contributed by atoms with Crippen LogP contribution in [-0.4, -0.2) is 36.1 Å². The quantitative estimate of drug-likeness (QED) is 0.308. The molecule has 1 aromatic heterocycles. The van der Waals surface area contributed by atoms with Crippen LogP contribution in [0.1, 0.15) is 31.2 Å². The molecular formula is C23H24F5N5. The number of hydrogen-bond acceptors (Lipinski definition) is 5. The highest BCUT2D eigenvalue weighted by Gasteiger charge is 2.27. The lowest BCUT2D eigenvalue weighted by atomic mass is 9.91. The Morgan fingerprint density at radius 2 is 1.39 bits per heavy atom. The van der Waals surface area contributed by atoms with Crippen LogP contribution in [0.15, 0.2) is 24.3 Å². The van der Waals surface area contributed by atoms with Crippen molar-refractivity contribution in [2.45, 2.75) is 44.3 Å². The van der Waals surface area contributed by atoms with Crippen LogP contribution in [-0.2, 0) is 6.54 Å². The third kappa shape index (κ3) is 4.71. The summed E-state index contributed by atoms with van der Waals surface area (Å²) in [7, 11) is 3.83. The van der Waals surface area contributed by atoms with Crippen LogP contribution >= 0.6 is 0 Å². The van der Waals surface area contributed by atoms with Crippen molar-refractivity contribution in [3.63, 3.8) is 0 Å². The summed E-state index contributed by atoms with van der Waals surface area (Å²) in [6, 6.07) is 7.75. The zero-order chi connectivity index (χ0) is 23.7. The molecule has 1 saturated carbocycles. The predicted octanol–water partition coefficient (Wildman–Crippen LogP) is 4.90. The molecule has 0 radical (unpaired) electrons. The van der Waals surface area contributed by atoms with Gasteiger partial charge in [0.05, 0.1) is 5.52 Å². The molecule has 176 valence electrons. The van der Waals surface area contributed by atoms with Gasteiger partial charge < -0.3 is 15.5 Å². The van der Waals surface area contributed by atoms with E-state index in [1.807, 2.05) is 43.3 Å². The number of benzene rings is 2. The summed E-state index contributed by atoms with van der Waals surface area (Å²) in [4.78, 5) is 11.2. The summed E-state index contributed by atoms with van der Waals surface area (Å²) >= 11 is 0. The molecule has 1 aliphatic carbocycles. The Kier molecular flexibility index (Phi) is 6.64. The maximum atomic E-state index is 13.9. The molecule has 0 bridgehead atoms. The van der Waals surface area contributed by atoms with E-state index in [-0.39, 0.29) is 12.1 Å². The molecule has 33 heavy (non-hydrogen) atoms. The van der Waals surface area contributed by atoms with Crippen molar-refractivity contribution >= 4 is 22.7 Å². The second-order valence-electron chi connectivity index (χ2n) is 8.40. The normalized spacial score (nSPS) is 18.5. The Labute approximate surface area is 188 Å². The van der Waals surface area contributed by atoms with E-state index < -0.39 is 41.2 Å². The second-order valence-corrected chi connectivity index (χ2v) is 8.40. The Morgan fingerprint density at radius 1 is 0.818 bits per heavy atom. The fraction of sp³-hybridized carbons (Fsp3) is 0.391. The molecule has 3 aromatic rings. The van der Waals surface area contributed by atoms with Gasteiger partial charge in [-0.25, -0.2) is 26.9 Å². The maximum Gasteiger partial charge on any atom is 0.225 e. The Hall–Kier alpha value is -3.01. The van der Waals surface area contributed by atoms with E-state index in [4.69, 9.17) is 0 Å². The van der Waals surface area contributed by atoms with Gasteiger partial charge in [0.15, 0.2) is 23.3 Å². The molecule has 2 aromatic carbocycles. The summed E-state index contributed by atoms with van der Waals surface area (Å²) in [5, 5.41) is 7.24. The van der Waals surface area contributed by atoms with E-state index in [1.54, 1.807) is 0 Å². The molecule has 0 aliphatic heterocycles. The van der Waals surface area contributed by atoms with Gasteiger partial charge in [-0.2, -0.15) is 4.98 Å². The number of nitrogens with one attached hydrogen (secondary N) is 2. The smallest absolute Gasteiger partial charge is 0.225 e. The van der Waals surface area contributed by atoms with Crippen molar-refractivity contribution < 1.29 is 22.0 Å². The van der Waals surface area contributed by atoms with Gasteiger partial charge in [0.25, 0.3) is 0 Å². The largest absolute Gasteiger partial charge is 0.362 e. The zero-order valence-corrected chi connectivity index (χ0v) is 18.2. The van der Waals surface area contributed by atoms with Gasteiger partial charge in [-0.15, -0.1) is 0 Å². The number of nitrogens with zero attached hydrogens (tertiary/aromatic N) is 3. The van der Waals surface area contributed by atoms with Crippen LogP contribution < -0.4 is 15.5 Å². The molecule has 0 saturated heterocycles. The summed E-state index contributed by atoms with van der Waals surface area (Å²) < 4.78 is 67.7. The van der Waals surface area contributed by atoms with Gasteiger partial charge in [-0.3, -0.25) is 0 Å². The fourth-order valence-electron chi connectivity index (χ4n) is 4.14. The van der Waals surface area contributed by atoms with Crippen molar-refractivity contribution in [1.82, 2.24) is 15.3 Å². The number of fused-ring (bicyclic) bond motifs is 1. The predicted molar refractivity (Wildman–Crippen MR) is 117 cm³/mol. The van der Waals surface area contributed by atoms with Gasteiger partial charge in [0.1, 0.15) is 5.82 Å². The number of aromatic nitrogens is 2. The fourth-order valence-corrected chi connectivity index (χ4v) is 4.14. The number of hydrogen-bond donors (Lipinski definition) is 2. The molecule has 0 atom stereocenters. The van der Waals surface area contributed by atoms with Gasteiger partial charge in [-0.1, -0.05) is 12.1 Å². The SMILES string of the molecule is CN(C)c1nc(N[C@H]2CC[C@@H](NCc3c(F)c(F)c(F)c(F)c3F)CC2)nc2ccccc12. The number of para-hydroxylation sites is 1. The standard InChI is InChI=1S/C23H24F5N5/c1-33(2)22-14-5-3-4-6-16(14)31-23(32-22)30-13-9-7-12(8-10-13)29-11-15-17(24)19(26)21(28)20(27)18(15)25/h3-6,12-13,29H,7-11H2,1-2H3,(H,30,31,32)/t12-,13+. The van der Waals surface area contributed by atoms with E-state index in [0.29, 0.717) is 18.8 Å². The summed E-state index contributed by atoms with van der Waals surface area (Å²) in [6.07, 6.45) is 2.81. The lowest BCUT2D eigenvalue weighted by Gasteiger charge is -2.30. The molecule has 1 aliphatic rings. The van der Waals surface area contributed by atoms with Gasteiger partial charge in [0, 0.05) is 43.7 Å². The van der Waals surface area contributed by atoms with Crippen LogP contribution in [0.4, 0.5) is 33.7 Å². The van der Waals surface area contributed by atoms with Crippen LogP contribution in [0.5, 0.6) is 0 Å². The Balaban J connectivity index is 1.38. The lowest BCUT2D eigenvalue weighted by molar-refractivity contribution is 0.336. The molecule has 0 unspecified atom stereocenters. The molecule has 10 heteroatoms. The molecule has 4 rings (SSSR count). The van der Waals surface area contributed by atoms with E-state index in [0.717, 1.165) is 29.6 Å². The van der Waals surface area contributed by atoms with Crippen molar-refractivity contribution in [3.05, 3.63) is 58.9 Å². The lowest BCUT2D eigenvalue weighted by Crippen LogP contribution is -2.37. The van der Waals surface area contributed by atoms with Gasteiger partial charge in [-0.05, 0) is 37.8 Å². The molecular weight excluding hydrogens is 441 g/mol. The zero-order valence-electron chi connectivity index (χ0n) is 18.2. The minimum Gasteiger partial charge on any atom is -0.362 e. The monoisotopic (exact) mass is 465 g/mol. The molecule has 5 nitrogen and oxygen atoms in total. The third-order valence-corrected chi connectivity index (χ3v) is 5.94. The molecule has 1 fully saturated rings. The minimum atomic E-state index is -2.14. The van der Waals surface area contributed by atoms with Crippen LogP contribution in [0, 0.1) is 29.1 Å². The minimum absolute atomic E-state index is 0.104. The molecule has 0 spiro atoms. The Bertz CT molecular complexity index is 1130. The van der Waals surface area contributed by atoms with E-state index >= 15 is 0 Å². The first-order valence-corrected chi connectivity index (χ1v) is 10.7. The van der Waals surface area contributed by atoms with Crippen molar-refractivity contribution in [2.75, 3.05) is 24.3 Å². The van der Waals surface area contributed by atoms with E-state index in [9.17, 15) is 22.0 Å². The van der Waals surface area contributed by atoms with Crippen molar-refractivity contribution in [2.24, 2.45) is 0 Å². The van der Waals surface area contributed by atoms with Gasteiger partial charge in [0.2, 0.25) is 11.8 Å². The molecule has 1 heterocycles. The third-order valence-electron chi connectivity index (χ3n) is 5.94. The number of anilines is 2. The topological polar surface area (TPSA) is 53.1 Å². The molecule has 0 amide bonds. The first-order valence-electron chi connectivity index (χ1n) is 10.7. The highest BCUT2D eigenvalue weighted by atomic mass is 19.2. The number of halogens is 5. The second kappa shape index (κ2) is 9.46.